The number of amides is 3. The molecule has 2 unspecified atom stereocenters. The molecule has 2 saturated heterocycles. The van der Waals surface area contributed by atoms with Crippen LogP contribution in [0.4, 0.5) is 4.79 Å². The lowest BCUT2D eigenvalue weighted by Gasteiger charge is -2.40. The van der Waals surface area contributed by atoms with Crippen molar-refractivity contribution in [2.45, 2.75) is 50.5 Å². The van der Waals surface area contributed by atoms with Crippen LogP contribution in [0.1, 0.15) is 49.7 Å². The Bertz CT molecular complexity index is 822. The Balaban J connectivity index is 0.00000256. The number of imide groups is 1. The minimum atomic E-state index is -0.800. The zero-order chi connectivity index (χ0) is 20.4. The lowest BCUT2D eigenvalue weighted by Crippen LogP contribution is -2.55. The summed E-state index contributed by atoms with van der Waals surface area (Å²) in [6, 6.07) is 8.39. The van der Waals surface area contributed by atoms with Gasteiger partial charge in [-0.2, -0.15) is 0 Å². The van der Waals surface area contributed by atoms with Gasteiger partial charge in [0, 0.05) is 32.6 Å². The van der Waals surface area contributed by atoms with Crippen molar-refractivity contribution in [3.63, 3.8) is 0 Å². The topological polar surface area (TPSA) is 85.8 Å². The number of rotatable bonds is 3. The van der Waals surface area contributed by atoms with Crippen LogP contribution in [0.2, 0.25) is 0 Å². The van der Waals surface area contributed by atoms with E-state index in [9.17, 15) is 9.59 Å². The molecule has 2 aliphatic heterocycles. The zero-order valence-electron chi connectivity index (χ0n) is 17.7. The largest absolute Gasteiger partial charge is 0.356 e. The third-order valence-electron chi connectivity index (χ3n) is 6.89. The number of aryl methyl sites for hydroxylation is 1. The molecule has 0 saturated carbocycles. The maximum absolute atomic E-state index is 12.2. The van der Waals surface area contributed by atoms with Crippen molar-refractivity contribution in [3.8, 4) is 0 Å². The Labute approximate surface area is 195 Å². The standard InChI is InChI=1S/C22H31N5O2.HI/c1-22(19(28)25-21(29)26-22)17-10-12-27(13-11-17)20(23-2)24-14-16-8-5-7-15-6-3-4-9-18(15)16;/h3-4,6,9,16-17H,5,7-8,10-14H2,1-2H3,(H,23,24)(H2,25,26,28,29);1H. The van der Waals surface area contributed by atoms with E-state index in [0.717, 1.165) is 38.4 Å². The molecule has 8 heteroatoms. The van der Waals surface area contributed by atoms with Gasteiger partial charge in [0.15, 0.2) is 5.96 Å². The lowest BCUT2D eigenvalue weighted by atomic mass is 9.79. The van der Waals surface area contributed by atoms with Crippen LogP contribution in [0.25, 0.3) is 0 Å². The summed E-state index contributed by atoms with van der Waals surface area (Å²) in [7, 11) is 1.83. The molecule has 3 amide bonds. The van der Waals surface area contributed by atoms with Crippen LogP contribution >= 0.6 is 24.0 Å². The summed E-state index contributed by atoms with van der Waals surface area (Å²) in [4.78, 5) is 30.6. The predicted octanol–water partition coefficient (Wildman–Crippen LogP) is 2.61. The van der Waals surface area contributed by atoms with Gasteiger partial charge in [-0.15, -0.1) is 24.0 Å². The van der Waals surface area contributed by atoms with Crippen molar-refractivity contribution in [2.24, 2.45) is 10.9 Å². The van der Waals surface area contributed by atoms with Gasteiger partial charge in [-0.25, -0.2) is 4.79 Å². The van der Waals surface area contributed by atoms with Gasteiger partial charge in [0.1, 0.15) is 5.54 Å². The number of aliphatic imine (C=N–C) groups is 1. The van der Waals surface area contributed by atoms with Crippen molar-refractivity contribution in [1.82, 2.24) is 20.9 Å². The molecule has 0 spiro atoms. The first-order valence-electron chi connectivity index (χ1n) is 10.7. The van der Waals surface area contributed by atoms with Gasteiger partial charge in [0.05, 0.1) is 0 Å². The molecule has 3 N–H and O–H groups in total. The predicted molar refractivity (Wildman–Crippen MR) is 128 cm³/mol. The second-order valence-corrected chi connectivity index (χ2v) is 8.59. The van der Waals surface area contributed by atoms with Gasteiger partial charge >= 0.3 is 6.03 Å². The van der Waals surface area contributed by atoms with E-state index in [1.54, 1.807) is 0 Å². The van der Waals surface area contributed by atoms with E-state index < -0.39 is 5.54 Å². The normalized spacial score (nSPS) is 27.1. The summed E-state index contributed by atoms with van der Waals surface area (Å²) in [5.41, 5.74) is 2.15. The van der Waals surface area contributed by atoms with E-state index in [-0.39, 0.29) is 41.8 Å². The molecule has 7 nitrogen and oxygen atoms in total. The van der Waals surface area contributed by atoms with Crippen molar-refractivity contribution in [1.29, 1.82) is 0 Å². The Kier molecular flexibility index (Phi) is 7.26. The first-order valence-corrected chi connectivity index (χ1v) is 10.7. The summed E-state index contributed by atoms with van der Waals surface area (Å²) < 4.78 is 0. The van der Waals surface area contributed by atoms with Gasteiger partial charge in [0.2, 0.25) is 0 Å². The van der Waals surface area contributed by atoms with E-state index in [4.69, 9.17) is 0 Å². The molecular formula is C22H32IN5O2. The number of hydrogen-bond acceptors (Lipinski definition) is 3. The molecule has 0 radical (unpaired) electrons. The van der Waals surface area contributed by atoms with Gasteiger partial charge < -0.3 is 15.5 Å². The number of benzene rings is 1. The van der Waals surface area contributed by atoms with Crippen molar-refractivity contribution >= 4 is 41.9 Å². The Morgan fingerprint density at radius 3 is 2.63 bits per heavy atom. The van der Waals surface area contributed by atoms with E-state index in [0.29, 0.717) is 5.92 Å². The molecule has 1 aromatic carbocycles. The number of guanidine groups is 1. The van der Waals surface area contributed by atoms with Crippen LogP contribution in [0.5, 0.6) is 0 Å². The third-order valence-corrected chi connectivity index (χ3v) is 6.89. The summed E-state index contributed by atoms with van der Waals surface area (Å²) >= 11 is 0. The van der Waals surface area contributed by atoms with E-state index in [2.05, 4.69) is 50.1 Å². The van der Waals surface area contributed by atoms with Crippen LogP contribution in [0, 0.1) is 5.92 Å². The van der Waals surface area contributed by atoms with Gasteiger partial charge in [-0.3, -0.25) is 15.1 Å². The fourth-order valence-electron chi connectivity index (χ4n) is 5.13. The summed E-state index contributed by atoms with van der Waals surface area (Å²) in [6.45, 7) is 4.37. The number of hydrogen-bond donors (Lipinski definition) is 3. The monoisotopic (exact) mass is 525 g/mol. The molecule has 3 aliphatic rings. The number of carbonyl (C=O) groups excluding carboxylic acids is 2. The third kappa shape index (κ3) is 4.43. The van der Waals surface area contributed by atoms with Gasteiger partial charge in [-0.05, 0) is 56.1 Å². The molecule has 2 fully saturated rings. The number of carbonyl (C=O) groups is 2. The second-order valence-electron chi connectivity index (χ2n) is 8.59. The quantitative estimate of drug-likeness (QED) is 0.245. The number of likely N-dealkylation sites (tertiary alicyclic amines) is 1. The molecule has 2 heterocycles. The zero-order valence-corrected chi connectivity index (χ0v) is 20.1. The van der Waals surface area contributed by atoms with Gasteiger partial charge in [-0.1, -0.05) is 24.3 Å². The highest BCUT2D eigenvalue weighted by Gasteiger charge is 2.48. The van der Waals surface area contributed by atoms with Crippen LogP contribution in [0.15, 0.2) is 29.3 Å². The molecule has 164 valence electrons. The molecular weight excluding hydrogens is 493 g/mol. The lowest BCUT2D eigenvalue weighted by molar-refractivity contribution is -0.125. The van der Waals surface area contributed by atoms with Crippen molar-refractivity contribution in [3.05, 3.63) is 35.4 Å². The smallest absolute Gasteiger partial charge is 0.322 e. The summed E-state index contributed by atoms with van der Waals surface area (Å²) in [5, 5.41) is 8.78. The average Bonchev–Trinajstić information content (AvgIpc) is 3.01. The van der Waals surface area contributed by atoms with Crippen molar-refractivity contribution < 1.29 is 9.59 Å². The molecule has 1 aromatic rings. The van der Waals surface area contributed by atoms with E-state index >= 15 is 0 Å². The number of urea groups is 1. The minimum Gasteiger partial charge on any atom is -0.356 e. The van der Waals surface area contributed by atoms with Gasteiger partial charge in [0.25, 0.3) is 5.91 Å². The highest BCUT2D eigenvalue weighted by molar-refractivity contribution is 14.0. The molecule has 4 rings (SSSR count). The average molecular weight is 525 g/mol. The fourth-order valence-corrected chi connectivity index (χ4v) is 5.13. The maximum atomic E-state index is 12.2. The number of nitrogens with one attached hydrogen (secondary N) is 3. The molecule has 0 aromatic heterocycles. The SMILES string of the molecule is CN=C(NCC1CCCc2ccccc21)N1CCC(C2(C)NC(=O)NC2=O)CC1.I. The Hall–Kier alpha value is -1.84. The van der Waals surface area contributed by atoms with Crippen LogP contribution in [-0.4, -0.2) is 55.0 Å². The maximum Gasteiger partial charge on any atom is 0.322 e. The minimum absolute atomic E-state index is 0. The highest BCUT2D eigenvalue weighted by atomic mass is 127. The first kappa shape index (κ1) is 22.8. The highest BCUT2D eigenvalue weighted by Crippen LogP contribution is 2.32. The number of piperidine rings is 1. The van der Waals surface area contributed by atoms with Crippen LogP contribution < -0.4 is 16.0 Å². The number of nitrogens with zero attached hydrogens (tertiary/aromatic N) is 2. The molecule has 2 atom stereocenters. The summed E-state index contributed by atoms with van der Waals surface area (Å²) in [5.74, 6) is 1.37. The molecule has 1 aliphatic carbocycles. The Morgan fingerprint density at radius 2 is 1.97 bits per heavy atom. The first-order chi connectivity index (χ1) is 14.0. The second kappa shape index (κ2) is 9.53. The molecule has 30 heavy (non-hydrogen) atoms. The van der Waals surface area contributed by atoms with Crippen LogP contribution in [0.3, 0.4) is 0 Å². The van der Waals surface area contributed by atoms with E-state index in [1.807, 2.05) is 14.0 Å². The van der Waals surface area contributed by atoms with E-state index in [1.165, 1.54) is 30.4 Å². The van der Waals surface area contributed by atoms with Crippen molar-refractivity contribution in [2.75, 3.05) is 26.7 Å². The fraction of sp³-hybridized carbons (Fsp3) is 0.591. The van der Waals surface area contributed by atoms with Crippen LogP contribution in [-0.2, 0) is 11.2 Å². The number of halogens is 1. The summed E-state index contributed by atoms with van der Waals surface area (Å²) in [6.07, 6.45) is 5.31. The number of fused-ring (bicyclic) bond motifs is 1. The molecule has 0 bridgehead atoms. The Morgan fingerprint density at radius 1 is 1.23 bits per heavy atom.